The highest BCUT2D eigenvalue weighted by Crippen LogP contribution is 2.30. The van der Waals surface area contributed by atoms with Crippen molar-refractivity contribution in [2.75, 3.05) is 13.7 Å². The number of nitrogens with zero attached hydrogens (tertiary/aromatic N) is 3. The van der Waals surface area contributed by atoms with Crippen molar-refractivity contribution in [3.8, 4) is 16.5 Å². The molecule has 114 valence electrons. The van der Waals surface area contributed by atoms with E-state index in [0.29, 0.717) is 5.88 Å². The van der Waals surface area contributed by atoms with Crippen molar-refractivity contribution < 1.29 is 4.74 Å². The lowest BCUT2D eigenvalue weighted by Crippen LogP contribution is -2.36. The summed E-state index contributed by atoms with van der Waals surface area (Å²) in [5.74, 6) is 0.592. The Labute approximate surface area is 129 Å². The molecule has 0 aliphatic heterocycles. The van der Waals surface area contributed by atoms with Crippen LogP contribution < -0.4 is 10.1 Å². The topological polar surface area (TPSA) is 59.9 Å². The molecule has 0 fully saturated rings. The normalized spacial score (nSPS) is 11.6. The summed E-state index contributed by atoms with van der Waals surface area (Å²) in [5.41, 5.74) is 1.06. The summed E-state index contributed by atoms with van der Waals surface area (Å²) in [6, 6.07) is 3.84. The first-order valence-corrected chi connectivity index (χ1v) is 7.88. The van der Waals surface area contributed by atoms with E-state index < -0.39 is 0 Å². The molecule has 2 heterocycles. The molecule has 1 N–H and O–H groups in total. The van der Waals surface area contributed by atoms with Gasteiger partial charge < -0.3 is 10.1 Å². The molecule has 0 spiro atoms. The third kappa shape index (κ3) is 4.75. The standard InChI is InChI=1S/C15H22N4OS/c1-15(2,3)17-10-6-8-12-18-19-14(21-12)11-7-5-9-16-13(11)20-4/h5,7,9,17H,6,8,10H2,1-4H3. The number of hydrogen-bond acceptors (Lipinski definition) is 6. The Morgan fingerprint density at radius 2 is 2.10 bits per heavy atom. The van der Waals surface area contributed by atoms with Gasteiger partial charge in [-0.25, -0.2) is 4.98 Å². The Morgan fingerprint density at radius 1 is 1.29 bits per heavy atom. The molecule has 0 radical (unpaired) electrons. The van der Waals surface area contributed by atoms with Crippen molar-refractivity contribution in [3.05, 3.63) is 23.3 Å². The molecule has 0 amide bonds. The summed E-state index contributed by atoms with van der Waals surface area (Å²) in [6.45, 7) is 7.49. The van der Waals surface area contributed by atoms with Crippen molar-refractivity contribution in [2.24, 2.45) is 0 Å². The molecule has 0 unspecified atom stereocenters. The molecule has 0 atom stereocenters. The van der Waals surface area contributed by atoms with Crippen LogP contribution in [0.15, 0.2) is 18.3 Å². The second-order valence-electron chi connectivity index (χ2n) is 5.84. The number of aromatic nitrogens is 3. The fourth-order valence-corrected chi connectivity index (χ4v) is 2.78. The molecular formula is C15H22N4OS. The third-order valence-electron chi connectivity index (χ3n) is 2.88. The number of methoxy groups -OCH3 is 1. The number of aryl methyl sites for hydroxylation is 1. The van der Waals surface area contributed by atoms with Crippen LogP contribution in [0.3, 0.4) is 0 Å². The van der Waals surface area contributed by atoms with Crippen molar-refractivity contribution in [2.45, 2.75) is 39.2 Å². The predicted molar refractivity (Wildman–Crippen MR) is 85.8 cm³/mol. The highest BCUT2D eigenvalue weighted by atomic mass is 32.1. The number of pyridine rings is 1. The minimum absolute atomic E-state index is 0.162. The van der Waals surface area contributed by atoms with Gasteiger partial charge in [-0.2, -0.15) is 0 Å². The molecule has 2 aromatic heterocycles. The van der Waals surface area contributed by atoms with Crippen LogP contribution in [0.25, 0.3) is 10.6 Å². The van der Waals surface area contributed by atoms with Crippen LogP contribution in [0.2, 0.25) is 0 Å². The first-order valence-electron chi connectivity index (χ1n) is 7.06. The number of nitrogens with one attached hydrogen (secondary N) is 1. The summed E-state index contributed by atoms with van der Waals surface area (Å²) in [6.07, 6.45) is 3.70. The maximum atomic E-state index is 5.26. The van der Waals surface area contributed by atoms with E-state index in [1.165, 1.54) is 0 Å². The van der Waals surface area contributed by atoms with Crippen LogP contribution in [-0.2, 0) is 6.42 Å². The fraction of sp³-hybridized carbons (Fsp3) is 0.533. The molecule has 0 bridgehead atoms. The lowest BCUT2D eigenvalue weighted by molar-refractivity contribution is 0.399. The number of ether oxygens (including phenoxy) is 1. The zero-order chi connectivity index (χ0) is 15.3. The maximum absolute atomic E-state index is 5.26. The summed E-state index contributed by atoms with van der Waals surface area (Å²) in [4.78, 5) is 4.19. The summed E-state index contributed by atoms with van der Waals surface area (Å²) >= 11 is 1.60. The average Bonchev–Trinajstić information content (AvgIpc) is 2.91. The summed E-state index contributed by atoms with van der Waals surface area (Å²) in [7, 11) is 1.62. The van der Waals surface area contributed by atoms with Crippen LogP contribution in [0.1, 0.15) is 32.2 Å². The van der Waals surface area contributed by atoms with Gasteiger partial charge in [0.05, 0.1) is 12.7 Å². The molecule has 2 aromatic rings. The lowest BCUT2D eigenvalue weighted by Gasteiger charge is -2.20. The lowest BCUT2D eigenvalue weighted by atomic mass is 10.1. The molecule has 2 rings (SSSR count). The molecule has 6 heteroatoms. The second-order valence-corrected chi connectivity index (χ2v) is 6.90. The van der Waals surface area contributed by atoms with E-state index in [1.54, 1.807) is 24.6 Å². The Balaban J connectivity index is 1.95. The molecule has 0 aromatic carbocycles. The van der Waals surface area contributed by atoms with E-state index >= 15 is 0 Å². The van der Waals surface area contributed by atoms with Crippen LogP contribution in [0.5, 0.6) is 5.88 Å². The van der Waals surface area contributed by atoms with Gasteiger partial charge in [0, 0.05) is 18.2 Å². The van der Waals surface area contributed by atoms with E-state index in [2.05, 4.69) is 41.3 Å². The Bertz CT molecular complexity index is 577. The monoisotopic (exact) mass is 306 g/mol. The van der Waals surface area contributed by atoms with Crippen LogP contribution in [-0.4, -0.2) is 34.4 Å². The molecule has 0 saturated carbocycles. The molecule has 21 heavy (non-hydrogen) atoms. The van der Waals surface area contributed by atoms with Crippen LogP contribution in [0.4, 0.5) is 0 Å². The van der Waals surface area contributed by atoms with E-state index in [0.717, 1.165) is 35.0 Å². The first kappa shape index (κ1) is 15.9. The van der Waals surface area contributed by atoms with Crippen LogP contribution >= 0.6 is 11.3 Å². The zero-order valence-corrected chi connectivity index (χ0v) is 13.8. The van der Waals surface area contributed by atoms with E-state index in [4.69, 9.17) is 4.74 Å². The fourth-order valence-electron chi connectivity index (χ4n) is 1.88. The largest absolute Gasteiger partial charge is 0.480 e. The van der Waals surface area contributed by atoms with Gasteiger partial charge >= 0.3 is 0 Å². The van der Waals surface area contributed by atoms with E-state index in [-0.39, 0.29) is 5.54 Å². The molecule has 0 saturated heterocycles. The van der Waals surface area contributed by atoms with Crippen LogP contribution in [0, 0.1) is 0 Å². The zero-order valence-electron chi connectivity index (χ0n) is 13.0. The minimum Gasteiger partial charge on any atom is -0.480 e. The Morgan fingerprint density at radius 3 is 2.81 bits per heavy atom. The van der Waals surface area contributed by atoms with Crippen molar-refractivity contribution >= 4 is 11.3 Å². The maximum Gasteiger partial charge on any atom is 0.223 e. The highest BCUT2D eigenvalue weighted by Gasteiger charge is 2.12. The van der Waals surface area contributed by atoms with Gasteiger partial charge in [-0.05, 0) is 45.9 Å². The molecular weight excluding hydrogens is 284 g/mol. The minimum atomic E-state index is 0.162. The Kier molecular flexibility index (Phi) is 5.25. The van der Waals surface area contributed by atoms with Crippen molar-refractivity contribution in [3.63, 3.8) is 0 Å². The molecule has 5 nitrogen and oxygen atoms in total. The Hall–Kier alpha value is -1.53. The van der Waals surface area contributed by atoms with Crippen molar-refractivity contribution in [1.29, 1.82) is 0 Å². The van der Waals surface area contributed by atoms with Gasteiger partial charge in [0.1, 0.15) is 5.01 Å². The quantitative estimate of drug-likeness (QED) is 0.832. The summed E-state index contributed by atoms with van der Waals surface area (Å²) < 4.78 is 5.26. The van der Waals surface area contributed by atoms with Gasteiger partial charge in [-0.3, -0.25) is 0 Å². The van der Waals surface area contributed by atoms with Gasteiger partial charge in [-0.1, -0.05) is 11.3 Å². The number of rotatable bonds is 6. The smallest absolute Gasteiger partial charge is 0.223 e. The van der Waals surface area contributed by atoms with E-state index in [1.807, 2.05) is 12.1 Å². The summed E-state index contributed by atoms with van der Waals surface area (Å²) in [5, 5.41) is 13.9. The van der Waals surface area contributed by atoms with E-state index in [9.17, 15) is 0 Å². The molecule has 0 aliphatic carbocycles. The van der Waals surface area contributed by atoms with Crippen molar-refractivity contribution in [1.82, 2.24) is 20.5 Å². The third-order valence-corrected chi connectivity index (χ3v) is 3.90. The second kappa shape index (κ2) is 6.95. The number of hydrogen-bond donors (Lipinski definition) is 1. The predicted octanol–water partition coefficient (Wildman–Crippen LogP) is 2.93. The highest BCUT2D eigenvalue weighted by molar-refractivity contribution is 7.14. The van der Waals surface area contributed by atoms with Gasteiger partial charge in [0.2, 0.25) is 5.88 Å². The molecule has 0 aliphatic rings. The van der Waals surface area contributed by atoms with Gasteiger partial charge in [0.15, 0.2) is 5.01 Å². The van der Waals surface area contributed by atoms with Gasteiger partial charge in [-0.15, -0.1) is 10.2 Å². The average molecular weight is 306 g/mol. The first-order chi connectivity index (χ1) is 9.99. The SMILES string of the molecule is COc1ncccc1-c1nnc(CCCNC(C)(C)C)s1. The van der Waals surface area contributed by atoms with Gasteiger partial charge in [0.25, 0.3) is 0 Å².